The summed E-state index contributed by atoms with van der Waals surface area (Å²) in [6.45, 7) is 5.77. The lowest BCUT2D eigenvalue weighted by molar-refractivity contribution is 0.135. The third-order valence-electron chi connectivity index (χ3n) is 1.69. The minimum atomic E-state index is 0.423. The van der Waals surface area contributed by atoms with Crippen LogP contribution in [0.4, 0.5) is 0 Å². The topological polar surface area (TPSA) is 47.3 Å². The van der Waals surface area contributed by atoms with E-state index in [1.54, 1.807) is 0 Å². The Hall–Kier alpha value is -0.120. The summed E-state index contributed by atoms with van der Waals surface area (Å²) in [7, 11) is 0. The van der Waals surface area contributed by atoms with Crippen molar-refractivity contribution in [3.05, 3.63) is 0 Å². The quantitative estimate of drug-likeness (QED) is 0.332. The van der Waals surface area contributed by atoms with Gasteiger partial charge >= 0.3 is 0 Å². The third-order valence-corrected chi connectivity index (χ3v) is 1.69. The highest BCUT2D eigenvalue weighted by molar-refractivity contribution is 4.61. The summed E-state index contributed by atoms with van der Waals surface area (Å²) in [5, 5.41) is 0. The summed E-state index contributed by atoms with van der Waals surface area (Å²) in [6.07, 6.45) is 3.31. The molecule has 0 aliphatic rings. The third kappa shape index (κ3) is 6.28. The van der Waals surface area contributed by atoms with E-state index in [1.807, 2.05) is 6.92 Å². The minimum absolute atomic E-state index is 0.423. The van der Waals surface area contributed by atoms with Gasteiger partial charge in [-0.3, -0.25) is 11.3 Å². The van der Waals surface area contributed by atoms with Crippen molar-refractivity contribution in [2.24, 2.45) is 5.84 Å². The highest BCUT2D eigenvalue weighted by atomic mass is 16.5. The molecule has 0 spiro atoms. The van der Waals surface area contributed by atoms with Gasteiger partial charge in [0.25, 0.3) is 0 Å². The van der Waals surface area contributed by atoms with Crippen LogP contribution in [0.1, 0.15) is 33.1 Å². The zero-order chi connectivity index (χ0) is 8.53. The number of rotatable bonds is 7. The van der Waals surface area contributed by atoms with E-state index in [9.17, 15) is 0 Å². The molecule has 3 heteroatoms. The Balaban J connectivity index is 3.20. The van der Waals surface area contributed by atoms with Crippen LogP contribution in [0.25, 0.3) is 0 Å². The lowest BCUT2D eigenvalue weighted by Gasteiger charge is -2.13. The van der Waals surface area contributed by atoms with E-state index in [2.05, 4.69) is 12.3 Å². The smallest absolute Gasteiger partial charge is 0.0481 e. The lowest BCUT2D eigenvalue weighted by atomic mass is 10.1. The number of hydrazine groups is 1. The summed E-state index contributed by atoms with van der Waals surface area (Å²) >= 11 is 0. The summed E-state index contributed by atoms with van der Waals surface area (Å²) in [5.41, 5.74) is 2.78. The first-order valence-electron chi connectivity index (χ1n) is 4.39. The monoisotopic (exact) mass is 160 g/mol. The molecular weight excluding hydrogens is 140 g/mol. The Morgan fingerprint density at radius 2 is 2.09 bits per heavy atom. The number of nitrogens with two attached hydrogens (primary N) is 1. The van der Waals surface area contributed by atoms with Crippen molar-refractivity contribution >= 4 is 0 Å². The zero-order valence-electron chi connectivity index (χ0n) is 7.60. The van der Waals surface area contributed by atoms with Gasteiger partial charge in [0.2, 0.25) is 0 Å². The molecule has 0 amide bonds. The SMILES string of the molecule is CCCC(CCOCC)NN. The van der Waals surface area contributed by atoms with Crippen molar-refractivity contribution in [3.8, 4) is 0 Å². The van der Waals surface area contributed by atoms with E-state index in [0.29, 0.717) is 6.04 Å². The second kappa shape index (κ2) is 7.98. The second-order valence-corrected chi connectivity index (χ2v) is 2.64. The van der Waals surface area contributed by atoms with E-state index >= 15 is 0 Å². The van der Waals surface area contributed by atoms with E-state index in [-0.39, 0.29) is 0 Å². The summed E-state index contributed by atoms with van der Waals surface area (Å²) in [4.78, 5) is 0. The van der Waals surface area contributed by atoms with Gasteiger partial charge in [-0.15, -0.1) is 0 Å². The van der Waals surface area contributed by atoms with Crippen LogP contribution in [-0.4, -0.2) is 19.3 Å². The van der Waals surface area contributed by atoms with Crippen molar-refractivity contribution in [2.75, 3.05) is 13.2 Å². The summed E-state index contributed by atoms with van der Waals surface area (Å²) < 4.78 is 5.22. The maximum absolute atomic E-state index is 5.34. The fraction of sp³-hybridized carbons (Fsp3) is 1.00. The molecule has 0 saturated carbocycles. The molecule has 68 valence electrons. The predicted molar refractivity (Wildman–Crippen MR) is 47.1 cm³/mol. The first kappa shape index (κ1) is 10.9. The highest BCUT2D eigenvalue weighted by Gasteiger charge is 2.03. The van der Waals surface area contributed by atoms with Crippen LogP contribution in [0, 0.1) is 0 Å². The molecule has 1 unspecified atom stereocenters. The maximum Gasteiger partial charge on any atom is 0.0481 e. The molecule has 0 fully saturated rings. The van der Waals surface area contributed by atoms with Crippen molar-refractivity contribution in [2.45, 2.75) is 39.2 Å². The molecule has 0 aliphatic carbocycles. The van der Waals surface area contributed by atoms with Crippen LogP contribution in [-0.2, 0) is 4.74 Å². The summed E-state index contributed by atoms with van der Waals surface area (Å²) in [5.74, 6) is 5.34. The number of hydrogen-bond acceptors (Lipinski definition) is 3. The number of nitrogens with one attached hydrogen (secondary N) is 1. The molecule has 0 rings (SSSR count). The molecule has 3 nitrogen and oxygen atoms in total. The van der Waals surface area contributed by atoms with Crippen LogP contribution >= 0.6 is 0 Å². The number of ether oxygens (including phenoxy) is 1. The molecular formula is C8H20N2O. The van der Waals surface area contributed by atoms with E-state index in [4.69, 9.17) is 10.6 Å². The predicted octanol–water partition coefficient (Wildman–Crippen LogP) is 1.04. The first-order valence-corrected chi connectivity index (χ1v) is 4.39. The molecule has 1 atom stereocenters. The maximum atomic E-state index is 5.34. The lowest BCUT2D eigenvalue weighted by Crippen LogP contribution is -2.35. The Bertz CT molecular complexity index is 78.5. The Morgan fingerprint density at radius 3 is 2.55 bits per heavy atom. The van der Waals surface area contributed by atoms with Gasteiger partial charge in [0.05, 0.1) is 0 Å². The van der Waals surface area contributed by atoms with Crippen LogP contribution in [0.2, 0.25) is 0 Å². The average molecular weight is 160 g/mol. The van der Waals surface area contributed by atoms with E-state index in [0.717, 1.165) is 26.1 Å². The van der Waals surface area contributed by atoms with E-state index < -0.39 is 0 Å². The first-order chi connectivity index (χ1) is 5.35. The molecule has 0 aromatic rings. The minimum Gasteiger partial charge on any atom is -0.382 e. The molecule has 0 bridgehead atoms. The molecule has 0 aromatic heterocycles. The Kier molecular flexibility index (Phi) is 7.89. The van der Waals surface area contributed by atoms with Gasteiger partial charge in [0, 0.05) is 19.3 Å². The van der Waals surface area contributed by atoms with Crippen LogP contribution < -0.4 is 11.3 Å². The van der Waals surface area contributed by atoms with Crippen molar-refractivity contribution < 1.29 is 4.74 Å². The van der Waals surface area contributed by atoms with Gasteiger partial charge < -0.3 is 4.74 Å². The fourth-order valence-corrected chi connectivity index (χ4v) is 1.03. The van der Waals surface area contributed by atoms with E-state index in [1.165, 1.54) is 6.42 Å². The molecule has 0 saturated heterocycles. The van der Waals surface area contributed by atoms with Gasteiger partial charge in [-0.05, 0) is 19.8 Å². The molecule has 3 N–H and O–H groups in total. The van der Waals surface area contributed by atoms with Crippen molar-refractivity contribution in [1.82, 2.24) is 5.43 Å². The highest BCUT2D eigenvalue weighted by Crippen LogP contribution is 2.00. The molecule has 0 aliphatic heterocycles. The molecule has 0 radical (unpaired) electrons. The Labute approximate surface area is 69.3 Å². The van der Waals surface area contributed by atoms with Crippen LogP contribution in [0.15, 0.2) is 0 Å². The van der Waals surface area contributed by atoms with Crippen LogP contribution in [0.5, 0.6) is 0 Å². The standard InChI is InChI=1S/C8H20N2O/c1-3-5-8(10-9)6-7-11-4-2/h8,10H,3-7,9H2,1-2H3. The van der Waals surface area contributed by atoms with Crippen molar-refractivity contribution in [3.63, 3.8) is 0 Å². The van der Waals surface area contributed by atoms with Gasteiger partial charge in [-0.1, -0.05) is 13.3 Å². The largest absolute Gasteiger partial charge is 0.382 e. The van der Waals surface area contributed by atoms with Gasteiger partial charge in [-0.25, -0.2) is 0 Å². The van der Waals surface area contributed by atoms with Gasteiger partial charge in [0.1, 0.15) is 0 Å². The fourth-order valence-electron chi connectivity index (χ4n) is 1.03. The van der Waals surface area contributed by atoms with Gasteiger partial charge in [-0.2, -0.15) is 0 Å². The van der Waals surface area contributed by atoms with Crippen LogP contribution in [0.3, 0.4) is 0 Å². The van der Waals surface area contributed by atoms with Crippen molar-refractivity contribution in [1.29, 1.82) is 0 Å². The normalized spacial score (nSPS) is 13.4. The molecule has 0 heterocycles. The number of hydrogen-bond donors (Lipinski definition) is 2. The average Bonchev–Trinajstić information content (AvgIpc) is 2.03. The van der Waals surface area contributed by atoms with Gasteiger partial charge in [0.15, 0.2) is 0 Å². The molecule has 11 heavy (non-hydrogen) atoms. The second-order valence-electron chi connectivity index (χ2n) is 2.64. The summed E-state index contributed by atoms with van der Waals surface area (Å²) in [6, 6.07) is 0.423. The molecule has 0 aromatic carbocycles. The zero-order valence-corrected chi connectivity index (χ0v) is 7.60. The Morgan fingerprint density at radius 1 is 1.36 bits per heavy atom.